The Kier molecular flexibility index (Phi) is 3.87. The maximum atomic E-state index is 5.41. The van der Waals surface area contributed by atoms with E-state index >= 15 is 0 Å². The molecule has 0 amide bonds. The summed E-state index contributed by atoms with van der Waals surface area (Å²) in [4.78, 5) is 1.21. The Morgan fingerprint density at radius 1 is 1.42 bits per heavy atom. The second kappa shape index (κ2) is 4.98. The summed E-state index contributed by atoms with van der Waals surface area (Å²) in [5, 5.41) is 0.201. The van der Waals surface area contributed by atoms with E-state index in [1.165, 1.54) is 4.90 Å². The maximum absolute atomic E-state index is 5.41. The van der Waals surface area contributed by atoms with Crippen LogP contribution >= 0.6 is 11.8 Å². The largest absolute Gasteiger partial charge is 0.257 e. The monoisotopic (exact) mass is 181 g/mol. The minimum absolute atomic E-state index is 0.201. The molecule has 1 aromatic carbocycles. The molecule has 0 saturated carbocycles. The molecule has 4 N–H and O–H groups in total. The highest BCUT2D eigenvalue weighted by Crippen LogP contribution is 2.19. The first-order valence-electron chi connectivity index (χ1n) is 3.76. The molecule has 1 atom stereocenters. The van der Waals surface area contributed by atoms with Gasteiger partial charge in [0.15, 0.2) is 5.37 Å². The van der Waals surface area contributed by atoms with Crippen LogP contribution in [-0.2, 0) is 0 Å². The second-order valence-corrected chi connectivity index (χ2v) is 3.58. The lowest BCUT2D eigenvalue weighted by molar-refractivity contribution is -0.671. The third-order valence-electron chi connectivity index (χ3n) is 1.44. The number of hydrogen-bond donors (Lipinski definition) is 2. The molecule has 0 aliphatic heterocycles. The van der Waals surface area contributed by atoms with Crippen LogP contribution < -0.4 is 11.3 Å². The topological polar surface area (TPSA) is 42.6 Å². The van der Waals surface area contributed by atoms with Gasteiger partial charge in [0, 0.05) is 4.90 Å². The van der Waals surface area contributed by atoms with Crippen molar-refractivity contribution in [2.75, 3.05) is 0 Å². The summed E-state index contributed by atoms with van der Waals surface area (Å²) in [6, 6.07) is 10.1. The molecule has 2 nitrogen and oxygen atoms in total. The maximum Gasteiger partial charge on any atom is 0.173 e. The van der Waals surface area contributed by atoms with E-state index in [2.05, 4.69) is 18.7 Å². The van der Waals surface area contributed by atoms with Crippen LogP contribution in [0.25, 0.3) is 0 Å². The number of nitrogens with two attached hydrogens (primary N) is 2. The molecule has 0 spiro atoms. The van der Waals surface area contributed by atoms with E-state index in [0.717, 1.165) is 0 Å². The van der Waals surface area contributed by atoms with Crippen molar-refractivity contribution in [3.05, 3.63) is 43.0 Å². The molecule has 0 fully saturated rings. The zero-order valence-corrected chi connectivity index (χ0v) is 7.63. The van der Waals surface area contributed by atoms with Gasteiger partial charge in [0.2, 0.25) is 0 Å². The molecule has 0 saturated heterocycles. The van der Waals surface area contributed by atoms with Crippen LogP contribution in [0.2, 0.25) is 0 Å². The number of benzene rings is 1. The highest BCUT2D eigenvalue weighted by molar-refractivity contribution is 7.99. The molecule has 0 aliphatic rings. The van der Waals surface area contributed by atoms with Crippen molar-refractivity contribution in [1.29, 1.82) is 0 Å². The van der Waals surface area contributed by atoms with Gasteiger partial charge >= 0.3 is 0 Å². The summed E-state index contributed by atoms with van der Waals surface area (Å²) < 4.78 is 0. The normalized spacial score (nSPS) is 12.4. The molecule has 0 bridgehead atoms. The van der Waals surface area contributed by atoms with Crippen molar-refractivity contribution in [1.82, 2.24) is 0 Å². The lowest BCUT2D eigenvalue weighted by atomic mass is 10.4. The molecule has 1 rings (SSSR count). The van der Waals surface area contributed by atoms with Crippen LogP contribution in [-0.4, -0.2) is 5.37 Å². The number of thioether (sulfide) groups is 1. The van der Waals surface area contributed by atoms with Crippen molar-refractivity contribution < 1.29 is 5.43 Å². The van der Waals surface area contributed by atoms with Crippen LogP contribution in [0.5, 0.6) is 0 Å². The lowest BCUT2D eigenvalue weighted by Gasteiger charge is -2.05. The molecule has 0 aliphatic carbocycles. The Labute approximate surface area is 76.8 Å². The van der Waals surface area contributed by atoms with E-state index in [1.807, 2.05) is 24.3 Å². The standard InChI is InChI=1S/C9H12N2S/c1-2-9(11-10)12-8-6-4-3-5-7-8/h2-7,9,11H,1,10H2/p+1. The van der Waals surface area contributed by atoms with Crippen molar-refractivity contribution in [2.45, 2.75) is 10.3 Å². The zero-order chi connectivity index (χ0) is 8.81. The van der Waals surface area contributed by atoms with E-state index in [9.17, 15) is 0 Å². The Bertz CT molecular complexity index is 236. The first-order chi connectivity index (χ1) is 5.86. The summed E-state index contributed by atoms with van der Waals surface area (Å²) in [5.41, 5.74) is 1.64. The average molecular weight is 181 g/mol. The Balaban J connectivity index is 2.56. The van der Waals surface area contributed by atoms with Gasteiger partial charge in [-0.2, -0.15) is 5.84 Å². The van der Waals surface area contributed by atoms with E-state index < -0.39 is 0 Å². The third kappa shape index (κ3) is 2.70. The SMILES string of the molecule is C=CC([NH2+]N)Sc1ccccc1. The Morgan fingerprint density at radius 2 is 2.08 bits per heavy atom. The fourth-order valence-corrected chi connectivity index (χ4v) is 1.63. The van der Waals surface area contributed by atoms with Gasteiger partial charge in [-0.25, -0.2) is 0 Å². The van der Waals surface area contributed by atoms with Gasteiger partial charge in [0.05, 0.1) is 0 Å². The van der Waals surface area contributed by atoms with Gasteiger partial charge in [0.1, 0.15) is 0 Å². The molecule has 64 valence electrons. The fourth-order valence-electron chi connectivity index (χ4n) is 0.822. The third-order valence-corrected chi connectivity index (χ3v) is 2.60. The van der Waals surface area contributed by atoms with Crippen molar-refractivity contribution >= 4 is 11.8 Å². The molecule has 1 aromatic rings. The van der Waals surface area contributed by atoms with Crippen LogP contribution in [0, 0.1) is 0 Å². The van der Waals surface area contributed by atoms with Gasteiger partial charge in [-0.05, 0) is 18.2 Å². The van der Waals surface area contributed by atoms with E-state index in [-0.39, 0.29) is 5.37 Å². The van der Waals surface area contributed by atoms with E-state index in [0.29, 0.717) is 0 Å². The highest BCUT2D eigenvalue weighted by atomic mass is 32.2. The zero-order valence-electron chi connectivity index (χ0n) is 6.81. The molecule has 0 aromatic heterocycles. The fraction of sp³-hybridized carbons (Fsp3) is 0.111. The van der Waals surface area contributed by atoms with Gasteiger partial charge in [-0.3, -0.25) is 5.43 Å². The summed E-state index contributed by atoms with van der Waals surface area (Å²) in [6.45, 7) is 3.70. The molecular formula is C9H13N2S+. The van der Waals surface area contributed by atoms with Crippen LogP contribution in [0.15, 0.2) is 47.9 Å². The summed E-state index contributed by atoms with van der Waals surface area (Å²) in [7, 11) is 0. The van der Waals surface area contributed by atoms with E-state index in [1.54, 1.807) is 17.2 Å². The molecule has 12 heavy (non-hydrogen) atoms. The smallest absolute Gasteiger partial charge is 0.173 e. The summed E-state index contributed by atoms with van der Waals surface area (Å²) in [6.07, 6.45) is 1.83. The predicted octanol–water partition coefficient (Wildman–Crippen LogP) is 0.728. The Morgan fingerprint density at radius 3 is 2.58 bits per heavy atom. The minimum Gasteiger partial charge on any atom is -0.257 e. The lowest BCUT2D eigenvalue weighted by Crippen LogP contribution is -2.95. The number of hydrogen-bond acceptors (Lipinski definition) is 2. The second-order valence-electron chi connectivity index (χ2n) is 2.32. The molecule has 1 unspecified atom stereocenters. The van der Waals surface area contributed by atoms with Crippen molar-refractivity contribution in [3.63, 3.8) is 0 Å². The summed E-state index contributed by atoms with van der Waals surface area (Å²) >= 11 is 1.69. The average Bonchev–Trinajstić information content (AvgIpc) is 2.16. The first kappa shape index (κ1) is 9.32. The van der Waals surface area contributed by atoms with Crippen LogP contribution in [0.4, 0.5) is 0 Å². The molecule has 0 radical (unpaired) electrons. The van der Waals surface area contributed by atoms with Gasteiger partial charge in [-0.1, -0.05) is 36.5 Å². The highest BCUT2D eigenvalue weighted by Gasteiger charge is 2.05. The van der Waals surface area contributed by atoms with Gasteiger partial charge in [0.25, 0.3) is 0 Å². The van der Waals surface area contributed by atoms with Crippen molar-refractivity contribution in [3.8, 4) is 0 Å². The molecule has 3 heteroatoms. The van der Waals surface area contributed by atoms with Crippen LogP contribution in [0.3, 0.4) is 0 Å². The van der Waals surface area contributed by atoms with Gasteiger partial charge < -0.3 is 0 Å². The van der Waals surface area contributed by atoms with Crippen LogP contribution in [0.1, 0.15) is 0 Å². The minimum atomic E-state index is 0.201. The Hall–Kier alpha value is -0.770. The number of quaternary nitrogens is 1. The number of rotatable bonds is 4. The molecule has 0 heterocycles. The van der Waals surface area contributed by atoms with Crippen molar-refractivity contribution in [2.24, 2.45) is 5.84 Å². The first-order valence-corrected chi connectivity index (χ1v) is 4.64. The quantitative estimate of drug-likeness (QED) is 0.236. The van der Waals surface area contributed by atoms with E-state index in [4.69, 9.17) is 5.84 Å². The summed E-state index contributed by atoms with van der Waals surface area (Å²) in [5.74, 6) is 5.41. The molecular weight excluding hydrogens is 168 g/mol. The predicted molar refractivity (Wildman–Crippen MR) is 52.4 cm³/mol. The van der Waals surface area contributed by atoms with Gasteiger partial charge in [-0.15, -0.1) is 0 Å².